The van der Waals surface area contributed by atoms with Crippen molar-refractivity contribution < 1.29 is 9.53 Å². The molecule has 104 valence electrons. The number of amides is 1. The van der Waals surface area contributed by atoms with Crippen LogP contribution in [0.1, 0.15) is 5.56 Å². The number of hydrazone groups is 1. The van der Waals surface area contributed by atoms with Gasteiger partial charge < -0.3 is 4.74 Å². The highest BCUT2D eigenvalue weighted by Crippen LogP contribution is 2.41. The fourth-order valence-electron chi connectivity index (χ4n) is 0.952. The lowest BCUT2D eigenvalue weighted by molar-refractivity contribution is 0.153. The Morgan fingerprint density at radius 3 is 2.47 bits per heavy atom. The SMILES string of the molecule is COC(=O)N(N=Cc1ccc(Br)cc1)SC(Cl)(Cl)Cl. The first kappa shape index (κ1) is 16.9. The second kappa shape index (κ2) is 7.59. The van der Waals surface area contributed by atoms with Gasteiger partial charge in [0.15, 0.2) is 0 Å². The molecule has 0 saturated heterocycles. The molecule has 0 radical (unpaired) electrons. The highest BCUT2D eigenvalue weighted by atomic mass is 79.9. The summed E-state index contributed by atoms with van der Waals surface area (Å²) in [5, 5.41) is 3.91. The predicted octanol–water partition coefficient (Wildman–Crippen LogP) is 4.83. The van der Waals surface area contributed by atoms with Gasteiger partial charge in [0.25, 0.3) is 3.12 Å². The lowest BCUT2D eigenvalue weighted by Crippen LogP contribution is -2.22. The second-order valence-electron chi connectivity index (χ2n) is 3.08. The topological polar surface area (TPSA) is 41.9 Å². The van der Waals surface area contributed by atoms with Crippen LogP contribution in [0.4, 0.5) is 4.79 Å². The molecule has 0 aromatic heterocycles. The van der Waals surface area contributed by atoms with Gasteiger partial charge >= 0.3 is 6.09 Å². The van der Waals surface area contributed by atoms with Gasteiger partial charge in [-0.05, 0) is 17.7 Å². The monoisotopic (exact) mass is 404 g/mol. The summed E-state index contributed by atoms with van der Waals surface area (Å²) >= 11 is 20.7. The third-order valence-electron chi connectivity index (χ3n) is 1.70. The minimum absolute atomic E-state index is 0.605. The van der Waals surface area contributed by atoms with E-state index in [9.17, 15) is 4.79 Å². The van der Waals surface area contributed by atoms with E-state index < -0.39 is 9.22 Å². The number of halogens is 4. The number of carbonyl (C=O) groups is 1. The zero-order valence-electron chi connectivity index (χ0n) is 9.52. The molecule has 0 fully saturated rings. The second-order valence-corrected chi connectivity index (χ2v) is 8.09. The molecule has 0 aliphatic carbocycles. The van der Waals surface area contributed by atoms with Crippen LogP contribution >= 0.6 is 62.7 Å². The molecule has 0 aliphatic heterocycles. The molecule has 1 rings (SSSR count). The predicted molar refractivity (Wildman–Crippen MR) is 83.9 cm³/mol. The number of hydrogen-bond acceptors (Lipinski definition) is 4. The van der Waals surface area contributed by atoms with Crippen LogP contribution in [0.2, 0.25) is 0 Å². The molecule has 0 atom stereocenters. The normalized spacial score (nSPS) is 11.6. The van der Waals surface area contributed by atoms with E-state index in [2.05, 4.69) is 25.8 Å². The maximum atomic E-state index is 11.5. The quantitative estimate of drug-likeness (QED) is 0.313. The van der Waals surface area contributed by atoms with Crippen molar-refractivity contribution in [3.63, 3.8) is 0 Å². The van der Waals surface area contributed by atoms with Gasteiger partial charge in [-0.1, -0.05) is 62.9 Å². The van der Waals surface area contributed by atoms with Crippen LogP contribution in [0.15, 0.2) is 33.8 Å². The minimum atomic E-state index is -1.72. The maximum Gasteiger partial charge on any atom is 0.440 e. The Hall–Kier alpha value is -0.140. The number of benzene rings is 1. The third kappa shape index (κ3) is 6.72. The molecule has 1 aromatic rings. The van der Waals surface area contributed by atoms with E-state index in [1.165, 1.54) is 13.3 Å². The minimum Gasteiger partial charge on any atom is -0.451 e. The van der Waals surface area contributed by atoms with Crippen LogP contribution in [-0.2, 0) is 4.74 Å². The third-order valence-corrected chi connectivity index (χ3v) is 3.48. The average molecular weight is 407 g/mol. The highest BCUT2D eigenvalue weighted by Gasteiger charge is 2.29. The van der Waals surface area contributed by atoms with Gasteiger partial charge in [0.2, 0.25) is 0 Å². The number of rotatable bonds is 3. The van der Waals surface area contributed by atoms with Crippen LogP contribution in [0.25, 0.3) is 0 Å². The van der Waals surface area contributed by atoms with E-state index in [-0.39, 0.29) is 0 Å². The molecule has 0 spiro atoms. The van der Waals surface area contributed by atoms with Crippen molar-refractivity contribution in [1.82, 2.24) is 4.41 Å². The maximum absolute atomic E-state index is 11.5. The van der Waals surface area contributed by atoms with E-state index in [1.54, 1.807) is 0 Å². The number of methoxy groups -OCH3 is 1. The first-order valence-corrected chi connectivity index (χ1v) is 7.45. The zero-order valence-corrected chi connectivity index (χ0v) is 14.2. The highest BCUT2D eigenvalue weighted by molar-refractivity contribution is 9.10. The first-order chi connectivity index (χ1) is 8.81. The molecule has 1 amide bonds. The van der Waals surface area contributed by atoms with Crippen molar-refractivity contribution >= 4 is 75.0 Å². The number of alkyl halides is 3. The number of carbonyl (C=O) groups excluding carboxylic acids is 1. The van der Waals surface area contributed by atoms with Crippen molar-refractivity contribution in [2.75, 3.05) is 7.11 Å². The Morgan fingerprint density at radius 1 is 1.42 bits per heavy atom. The summed E-state index contributed by atoms with van der Waals surface area (Å²) in [7, 11) is 1.21. The average Bonchev–Trinajstić information content (AvgIpc) is 2.34. The van der Waals surface area contributed by atoms with E-state index >= 15 is 0 Å². The number of nitrogens with zero attached hydrogens (tertiary/aromatic N) is 2. The fourth-order valence-corrected chi connectivity index (χ4v) is 2.24. The molecule has 9 heteroatoms. The molecule has 19 heavy (non-hydrogen) atoms. The summed E-state index contributed by atoms with van der Waals surface area (Å²) in [6.07, 6.45) is 0.705. The van der Waals surface area contributed by atoms with Gasteiger partial charge in [0, 0.05) is 16.4 Å². The molecule has 4 nitrogen and oxygen atoms in total. The molecule has 0 bridgehead atoms. The molecular formula is C10H8BrCl3N2O2S. The molecule has 0 saturated carbocycles. The van der Waals surface area contributed by atoms with Gasteiger partial charge in [0.1, 0.15) is 0 Å². The van der Waals surface area contributed by atoms with Crippen molar-refractivity contribution in [2.45, 2.75) is 3.12 Å². The molecule has 0 aliphatic rings. The fraction of sp³-hybridized carbons (Fsp3) is 0.200. The Morgan fingerprint density at radius 2 is 2.00 bits per heavy atom. The standard InChI is InChI=1S/C10H8BrCl3N2O2S/c1-18-9(17)16(19-10(12,13)14)15-6-7-2-4-8(11)5-3-7/h2-6H,1H3. The molecule has 0 N–H and O–H groups in total. The van der Waals surface area contributed by atoms with Gasteiger partial charge in [-0.15, -0.1) is 4.41 Å². The van der Waals surface area contributed by atoms with Crippen LogP contribution in [0.3, 0.4) is 0 Å². The van der Waals surface area contributed by atoms with Crippen LogP contribution < -0.4 is 0 Å². The summed E-state index contributed by atoms with van der Waals surface area (Å²) in [6.45, 7) is 0. The van der Waals surface area contributed by atoms with Crippen molar-refractivity contribution in [2.24, 2.45) is 5.10 Å². The summed E-state index contributed by atoms with van der Waals surface area (Å²) < 4.78 is 4.61. The van der Waals surface area contributed by atoms with E-state index in [0.29, 0.717) is 11.9 Å². The van der Waals surface area contributed by atoms with Crippen molar-refractivity contribution in [1.29, 1.82) is 0 Å². The van der Waals surface area contributed by atoms with Crippen LogP contribution in [-0.4, -0.2) is 27.0 Å². The van der Waals surface area contributed by atoms with Crippen LogP contribution in [0.5, 0.6) is 0 Å². The van der Waals surface area contributed by atoms with E-state index in [1.807, 2.05) is 24.3 Å². The zero-order chi connectivity index (χ0) is 14.5. The molecular weight excluding hydrogens is 398 g/mol. The Bertz CT molecular complexity index is 465. The first-order valence-electron chi connectivity index (χ1n) is 4.75. The molecule has 0 unspecified atom stereocenters. The lowest BCUT2D eigenvalue weighted by Gasteiger charge is -2.18. The van der Waals surface area contributed by atoms with Crippen molar-refractivity contribution in [3.05, 3.63) is 34.3 Å². The smallest absolute Gasteiger partial charge is 0.440 e. The Labute approximate surface area is 138 Å². The van der Waals surface area contributed by atoms with Crippen molar-refractivity contribution in [3.8, 4) is 0 Å². The lowest BCUT2D eigenvalue weighted by atomic mass is 10.2. The summed E-state index contributed by atoms with van der Waals surface area (Å²) in [5.41, 5.74) is 0.780. The number of hydrogen-bond donors (Lipinski definition) is 0. The molecule has 0 heterocycles. The van der Waals surface area contributed by atoms with Gasteiger partial charge in [-0.25, -0.2) is 4.79 Å². The van der Waals surface area contributed by atoms with E-state index in [0.717, 1.165) is 14.5 Å². The van der Waals surface area contributed by atoms with E-state index in [4.69, 9.17) is 34.8 Å². The van der Waals surface area contributed by atoms with Crippen LogP contribution in [0, 0.1) is 0 Å². The Balaban J connectivity index is 2.82. The van der Waals surface area contributed by atoms with Gasteiger partial charge in [-0.2, -0.15) is 5.10 Å². The van der Waals surface area contributed by atoms with Gasteiger partial charge in [0.05, 0.1) is 13.3 Å². The Kier molecular flexibility index (Phi) is 6.76. The summed E-state index contributed by atoms with van der Waals surface area (Å²) in [6, 6.07) is 7.30. The summed E-state index contributed by atoms with van der Waals surface area (Å²) in [5.74, 6) is 0. The summed E-state index contributed by atoms with van der Waals surface area (Å²) in [4.78, 5) is 11.5. The molecule has 1 aromatic carbocycles. The largest absolute Gasteiger partial charge is 0.451 e. The van der Waals surface area contributed by atoms with Gasteiger partial charge in [-0.3, -0.25) is 0 Å². The number of ether oxygens (including phenoxy) is 1.